The van der Waals surface area contributed by atoms with Gasteiger partial charge in [0.25, 0.3) is 0 Å². The molecule has 0 saturated heterocycles. The summed E-state index contributed by atoms with van der Waals surface area (Å²) in [7, 11) is 0. The van der Waals surface area contributed by atoms with Gasteiger partial charge in [-0.2, -0.15) is 0 Å². The fourth-order valence-corrected chi connectivity index (χ4v) is 2.32. The lowest BCUT2D eigenvalue weighted by molar-refractivity contribution is 0.122. The van der Waals surface area contributed by atoms with Gasteiger partial charge >= 0.3 is 0 Å². The summed E-state index contributed by atoms with van der Waals surface area (Å²) in [5, 5.41) is 3.45. The van der Waals surface area contributed by atoms with E-state index in [9.17, 15) is 0 Å². The molecule has 0 aliphatic heterocycles. The quantitative estimate of drug-likeness (QED) is 0.577. The maximum atomic E-state index is 5.59. The fourth-order valence-electron chi connectivity index (χ4n) is 1.71. The van der Waals surface area contributed by atoms with E-state index in [-0.39, 0.29) is 0 Å². The van der Waals surface area contributed by atoms with E-state index < -0.39 is 0 Å². The van der Waals surface area contributed by atoms with Crippen molar-refractivity contribution in [2.75, 3.05) is 19.8 Å². The molecule has 2 rings (SSSR count). The van der Waals surface area contributed by atoms with Crippen molar-refractivity contribution in [2.24, 2.45) is 5.92 Å². The zero-order valence-corrected chi connectivity index (χ0v) is 12.3. The van der Waals surface area contributed by atoms with Crippen molar-refractivity contribution in [3.8, 4) is 0 Å². The van der Waals surface area contributed by atoms with E-state index in [0.717, 1.165) is 38.6 Å². The molecule has 0 amide bonds. The third-order valence-electron chi connectivity index (χ3n) is 2.91. The van der Waals surface area contributed by atoms with Crippen molar-refractivity contribution in [3.05, 3.63) is 33.4 Å². The van der Waals surface area contributed by atoms with Crippen LogP contribution in [0.2, 0.25) is 0 Å². The van der Waals surface area contributed by atoms with Crippen molar-refractivity contribution in [1.29, 1.82) is 0 Å². The summed E-state index contributed by atoms with van der Waals surface area (Å²) in [6.45, 7) is 3.88. The lowest BCUT2D eigenvalue weighted by atomic mass is 10.2. The second-order valence-corrected chi connectivity index (χ2v) is 5.92. The van der Waals surface area contributed by atoms with Crippen molar-refractivity contribution in [1.82, 2.24) is 5.32 Å². The van der Waals surface area contributed by atoms with Crippen molar-refractivity contribution in [3.63, 3.8) is 0 Å². The highest BCUT2D eigenvalue weighted by molar-refractivity contribution is 14.1. The fraction of sp³-hybridized carbons (Fsp3) is 0.571. The van der Waals surface area contributed by atoms with Crippen LogP contribution >= 0.6 is 22.6 Å². The molecular formula is C14H20INO. The van der Waals surface area contributed by atoms with E-state index in [4.69, 9.17) is 4.74 Å². The largest absolute Gasteiger partial charge is 0.381 e. The first-order valence-electron chi connectivity index (χ1n) is 6.37. The van der Waals surface area contributed by atoms with E-state index >= 15 is 0 Å². The van der Waals surface area contributed by atoms with Crippen LogP contribution in [0.5, 0.6) is 0 Å². The Labute approximate surface area is 117 Å². The molecule has 94 valence electrons. The first-order valence-corrected chi connectivity index (χ1v) is 7.45. The predicted octanol–water partition coefficient (Wildman–Crippen LogP) is 3.20. The molecule has 0 atom stereocenters. The molecule has 0 aromatic heterocycles. The summed E-state index contributed by atoms with van der Waals surface area (Å²) in [4.78, 5) is 0. The zero-order chi connectivity index (χ0) is 11.9. The molecule has 1 aromatic rings. The molecule has 17 heavy (non-hydrogen) atoms. The van der Waals surface area contributed by atoms with Crippen LogP contribution < -0.4 is 5.32 Å². The Balaban J connectivity index is 1.47. The molecule has 1 aromatic carbocycles. The van der Waals surface area contributed by atoms with Crippen LogP contribution in [-0.4, -0.2) is 19.8 Å². The molecule has 2 nitrogen and oxygen atoms in total. The number of nitrogens with one attached hydrogen (secondary N) is 1. The van der Waals surface area contributed by atoms with Gasteiger partial charge in [-0.15, -0.1) is 0 Å². The minimum atomic E-state index is 0.884. The highest BCUT2D eigenvalue weighted by Gasteiger charge is 2.20. The SMILES string of the molecule is Ic1cccc(CNCCCOCC2CC2)c1. The Morgan fingerprint density at radius 3 is 3.00 bits per heavy atom. The van der Waals surface area contributed by atoms with Crippen LogP contribution in [0.1, 0.15) is 24.8 Å². The van der Waals surface area contributed by atoms with Crippen molar-refractivity contribution >= 4 is 22.6 Å². The monoisotopic (exact) mass is 345 g/mol. The van der Waals surface area contributed by atoms with Crippen molar-refractivity contribution < 1.29 is 4.74 Å². The minimum absolute atomic E-state index is 0.884. The van der Waals surface area contributed by atoms with E-state index in [0.29, 0.717) is 0 Å². The minimum Gasteiger partial charge on any atom is -0.381 e. The summed E-state index contributed by atoms with van der Waals surface area (Å²) in [5.41, 5.74) is 1.36. The topological polar surface area (TPSA) is 21.3 Å². The summed E-state index contributed by atoms with van der Waals surface area (Å²) < 4.78 is 6.89. The Morgan fingerprint density at radius 1 is 1.35 bits per heavy atom. The maximum Gasteiger partial charge on any atom is 0.0494 e. The second-order valence-electron chi connectivity index (χ2n) is 4.68. The average molecular weight is 345 g/mol. The third kappa shape index (κ3) is 5.84. The van der Waals surface area contributed by atoms with Crippen molar-refractivity contribution in [2.45, 2.75) is 25.8 Å². The highest BCUT2D eigenvalue weighted by Crippen LogP contribution is 2.28. The smallest absolute Gasteiger partial charge is 0.0494 e. The van der Waals surface area contributed by atoms with E-state index in [1.807, 2.05) is 0 Å². The number of hydrogen-bond acceptors (Lipinski definition) is 2. The molecule has 0 spiro atoms. The third-order valence-corrected chi connectivity index (χ3v) is 3.58. The molecule has 1 aliphatic carbocycles. The summed E-state index contributed by atoms with van der Waals surface area (Å²) in [6, 6.07) is 8.61. The standard InChI is InChI=1S/C14H20INO/c15-14-4-1-3-13(9-14)10-16-7-2-8-17-11-12-5-6-12/h1,3-4,9,12,16H,2,5-8,10-11H2. The van der Waals surface area contributed by atoms with E-state index in [2.05, 4.69) is 52.2 Å². The molecule has 0 heterocycles. The Bertz CT molecular complexity index is 339. The lowest BCUT2D eigenvalue weighted by Crippen LogP contribution is -2.16. The lowest BCUT2D eigenvalue weighted by Gasteiger charge is -2.06. The van der Waals surface area contributed by atoms with Crippen LogP contribution in [-0.2, 0) is 11.3 Å². The van der Waals surface area contributed by atoms with Gasteiger partial charge in [-0.25, -0.2) is 0 Å². The molecule has 0 bridgehead atoms. The Morgan fingerprint density at radius 2 is 2.24 bits per heavy atom. The zero-order valence-electron chi connectivity index (χ0n) is 10.1. The number of halogens is 1. The normalized spacial score (nSPS) is 15.1. The van der Waals surface area contributed by atoms with Crippen LogP contribution in [0.3, 0.4) is 0 Å². The molecule has 0 radical (unpaired) electrons. The number of benzene rings is 1. The van der Waals surface area contributed by atoms with Gasteiger partial charge in [0.15, 0.2) is 0 Å². The maximum absolute atomic E-state index is 5.59. The molecule has 1 saturated carbocycles. The van der Waals surface area contributed by atoms with E-state index in [1.54, 1.807) is 0 Å². The first kappa shape index (κ1) is 13.3. The van der Waals surface area contributed by atoms with Crippen LogP contribution in [0.4, 0.5) is 0 Å². The predicted molar refractivity (Wildman–Crippen MR) is 79.0 cm³/mol. The number of rotatable bonds is 8. The Hall–Kier alpha value is -0.130. The van der Waals surface area contributed by atoms with Gasteiger partial charge in [0, 0.05) is 23.3 Å². The number of ether oxygens (including phenoxy) is 1. The summed E-state index contributed by atoms with van der Waals surface area (Å²) >= 11 is 2.35. The van der Waals surface area contributed by atoms with E-state index in [1.165, 1.54) is 22.0 Å². The Kier molecular flexibility index (Phi) is 5.74. The summed E-state index contributed by atoms with van der Waals surface area (Å²) in [5.74, 6) is 0.884. The number of hydrogen-bond donors (Lipinski definition) is 1. The first-order chi connectivity index (χ1) is 8.34. The average Bonchev–Trinajstić information content (AvgIpc) is 3.12. The molecule has 0 unspecified atom stereocenters. The van der Waals surface area contributed by atoms with Crippen LogP contribution in [0.25, 0.3) is 0 Å². The van der Waals surface area contributed by atoms with Crippen LogP contribution in [0, 0.1) is 9.49 Å². The van der Waals surface area contributed by atoms with Gasteiger partial charge in [0.05, 0.1) is 0 Å². The van der Waals surface area contributed by atoms with Gasteiger partial charge in [0.2, 0.25) is 0 Å². The highest BCUT2D eigenvalue weighted by atomic mass is 127. The second kappa shape index (κ2) is 7.34. The molecule has 1 N–H and O–H groups in total. The van der Waals surface area contributed by atoms with Gasteiger partial charge in [-0.3, -0.25) is 0 Å². The van der Waals surface area contributed by atoms with Gasteiger partial charge in [0.1, 0.15) is 0 Å². The van der Waals surface area contributed by atoms with Gasteiger partial charge < -0.3 is 10.1 Å². The molecule has 3 heteroatoms. The molecular weight excluding hydrogens is 325 g/mol. The van der Waals surface area contributed by atoms with Gasteiger partial charge in [-0.05, 0) is 72.0 Å². The molecule has 1 fully saturated rings. The van der Waals surface area contributed by atoms with Crippen LogP contribution in [0.15, 0.2) is 24.3 Å². The molecule has 1 aliphatic rings. The summed E-state index contributed by atoms with van der Waals surface area (Å²) in [6.07, 6.45) is 3.87. The van der Waals surface area contributed by atoms with Gasteiger partial charge in [-0.1, -0.05) is 12.1 Å².